The van der Waals surface area contributed by atoms with E-state index < -0.39 is 0 Å². The van der Waals surface area contributed by atoms with Crippen LogP contribution in [0.1, 0.15) is 15.9 Å². The standard InChI is InChI=1S/C22H15BrOS/c23-17-11-9-15(10-12-17)21(24)13-16-5-1-2-6-18(16)20-14-25-22-8-4-3-7-19(20)22/h1-12,14H,13H2. The number of ketones is 1. The number of thiophene rings is 1. The van der Waals surface area contributed by atoms with E-state index in [9.17, 15) is 4.79 Å². The van der Waals surface area contributed by atoms with Crippen LogP contribution in [0.4, 0.5) is 0 Å². The molecule has 0 spiro atoms. The molecule has 0 N–H and O–H groups in total. The van der Waals surface area contributed by atoms with Gasteiger partial charge in [-0.15, -0.1) is 11.3 Å². The fourth-order valence-electron chi connectivity index (χ4n) is 3.03. The lowest BCUT2D eigenvalue weighted by Gasteiger charge is -2.09. The third kappa shape index (κ3) is 3.30. The molecule has 25 heavy (non-hydrogen) atoms. The molecule has 0 bridgehead atoms. The third-order valence-electron chi connectivity index (χ3n) is 4.31. The highest BCUT2D eigenvalue weighted by atomic mass is 79.9. The van der Waals surface area contributed by atoms with Crippen molar-refractivity contribution in [1.29, 1.82) is 0 Å². The van der Waals surface area contributed by atoms with Gasteiger partial charge in [-0.25, -0.2) is 0 Å². The number of hydrogen-bond acceptors (Lipinski definition) is 2. The van der Waals surface area contributed by atoms with E-state index in [1.807, 2.05) is 36.4 Å². The van der Waals surface area contributed by atoms with Gasteiger partial charge in [0.1, 0.15) is 0 Å². The molecular formula is C22H15BrOS. The Balaban J connectivity index is 1.72. The van der Waals surface area contributed by atoms with Crippen molar-refractivity contribution >= 4 is 43.1 Å². The fourth-order valence-corrected chi connectivity index (χ4v) is 4.26. The molecule has 3 heteroatoms. The van der Waals surface area contributed by atoms with Crippen LogP contribution in [0.5, 0.6) is 0 Å². The minimum Gasteiger partial charge on any atom is -0.294 e. The van der Waals surface area contributed by atoms with Crippen LogP contribution in [0.25, 0.3) is 21.2 Å². The number of Topliss-reactive ketones (excluding diaryl/α,β-unsaturated/α-hetero) is 1. The van der Waals surface area contributed by atoms with Crippen molar-refractivity contribution in [3.05, 3.63) is 93.8 Å². The number of rotatable bonds is 4. The molecule has 1 aromatic heterocycles. The van der Waals surface area contributed by atoms with Gasteiger partial charge in [0.05, 0.1) is 0 Å². The summed E-state index contributed by atoms with van der Waals surface area (Å²) >= 11 is 5.16. The number of fused-ring (bicyclic) bond motifs is 1. The Morgan fingerprint density at radius 1 is 0.840 bits per heavy atom. The van der Waals surface area contributed by atoms with Gasteiger partial charge >= 0.3 is 0 Å². The number of carbonyl (C=O) groups is 1. The zero-order chi connectivity index (χ0) is 17.2. The first-order chi connectivity index (χ1) is 12.2. The van der Waals surface area contributed by atoms with Crippen LogP contribution < -0.4 is 0 Å². The largest absolute Gasteiger partial charge is 0.294 e. The second-order valence-corrected chi connectivity index (χ2v) is 7.74. The SMILES string of the molecule is O=C(Cc1ccccc1-c1csc2ccccc12)c1ccc(Br)cc1. The number of hydrogen-bond donors (Lipinski definition) is 0. The quantitative estimate of drug-likeness (QED) is 0.342. The molecule has 1 heterocycles. The van der Waals surface area contributed by atoms with Crippen LogP contribution in [-0.4, -0.2) is 5.78 Å². The molecule has 0 saturated carbocycles. The molecule has 3 aromatic carbocycles. The summed E-state index contributed by atoms with van der Waals surface area (Å²) in [5.41, 5.74) is 4.16. The van der Waals surface area contributed by atoms with Crippen molar-refractivity contribution in [1.82, 2.24) is 0 Å². The van der Waals surface area contributed by atoms with Gasteiger partial charge in [0.15, 0.2) is 5.78 Å². The van der Waals surface area contributed by atoms with Gasteiger partial charge in [-0.1, -0.05) is 70.5 Å². The van der Waals surface area contributed by atoms with Crippen LogP contribution in [0.3, 0.4) is 0 Å². The molecule has 0 atom stereocenters. The van der Waals surface area contributed by atoms with Crippen LogP contribution in [-0.2, 0) is 6.42 Å². The second kappa shape index (κ2) is 6.95. The van der Waals surface area contributed by atoms with Gasteiger partial charge in [-0.2, -0.15) is 0 Å². The Hall–Kier alpha value is -2.23. The summed E-state index contributed by atoms with van der Waals surface area (Å²) in [5.74, 6) is 0.138. The predicted octanol–water partition coefficient (Wildman–Crippen LogP) is 6.76. The van der Waals surface area contributed by atoms with Gasteiger partial charge in [0, 0.05) is 32.1 Å². The Kier molecular flexibility index (Phi) is 4.51. The number of halogens is 1. The van der Waals surface area contributed by atoms with Crippen molar-refractivity contribution in [2.75, 3.05) is 0 Å². The second-order valence-electron chi connectivity index (χ2n) is 5.91. The number of benzene rings is 3. The molecule has 0 saturated heterocycles. The van der Waals surface area contributed by atoms with Crippen molar-refractivity contribution in [3.8, 4) is 11.1 Å². The Bertz CT molecular complexity index is 1050. The first kappa shape index (κ1) is 16.2. The molecule has 0 amide bonds. The summed E-state index contributed by atoms with van der Waals surface area (Å²) in [6.07, 6.45) is 0.405. The summed E-state index contributed by atoms with van der Waals surface area (Å²) in [6, 6.07) is 24.2. The van der Waals surface area contributed by atoms with E-state index in [0.717, 1.165) is 21.2 Å². The molecule has 4 rings (SSSR count). The molecule has 0 fully saturated rings. The lowest BCUT2D eigenvalue weighted by atomic mass is 9.94. The highest BCUT2D eigenvalue weighted by Gasteiger charge is 2.13. The zero-order valence-corrected chi connectivity index (χ0v) is 15.8. The van der Waals surface area contributed by atoms with Crippen LogP contribution >= 0.6 is 27.3 Å². The average Bonchev–Trinajstić information content (AvgIpc) is 3.07. The molecule has 122 valence electrons. The summed E-state index contributed by atoms with van der Waals surface area (Å²) in [7, 11) is 0. The van der Waals surface area contributed by atoms with E-state index in [4.69, 9.17) is 0 Å². The Labute approximate surface area is 159 Å². The lowest BCUT2D eigenvalue weighted by molar-refractivity contribution is 0.0993. The topological polar surface area (TPSA) is 17.1 Å². The van der Waals surface area contributed by atoms with Crippen molar-refractivity contribution in [3.63, 3.8) is 0 Å². The summed E-state index contributed by atoms with van der Waals surface area (Å²) in [4.78, 5) is 12.7. The molecule has 0 radical (unpaired) electrons. The predicted molar refractivity (Wildman–Crippen MR) is 109 cm³/mol. The highest BCUT2D eigenvalue weighted by molar-refractivity contribution is 9.10. The summed E-state index contributed by atoms with van der Waals surface area (Å²) < 4.78 is 2.25. The summed E-state index contributed by atoms with van der Waals surface area (Å²) in [6.45, 7) is 0. The van der Waals surface area contributed by atoms with Crippen molar-refractivity contribution < 1.29 is 4.79 Å². The van der Waals surface area contributed by atoms with Gasteiger partial charge in [0.2, 0.25) is 0 Å². The Morgan fingerprint density at radius 3 is 2.40 bits per heavy atom. The third-order valence-corrected chi connectivity index (χ3v) is 5.80. The van der Waals surface area contributed by atoms with Crippen LogP contribution in [0, 0.1) is 0 Å². The molecule has 0 unspecified atom stereocenters. The number of carbonyl (C=O) groups excluding carboxylic acids is 1. The zero-order valence-electron chi connectivity index (χ0n) is 13.4. The molecule has 0 aliphatic carbocycles. The van der Waals surface area contributed by atoms with E-state index in [1.165, 1.54) is 15.6 Å². The van der Waals surface area contributed by atoms with E-state index in [1.54, 1.807) is 11.3 Å². The van der Waals surface area contributed by atoms with Gasteiger partial charge in [-0.05, 0) is 34.7 Å². The highest BCUT2D eigenvalue weighted by Crippen LogP contribution is 2.35. The minimum absolute atomic E-state index is 0.138. The van der Waals surface area contributed by atoms with Crippen LogP contribution in [0.15, 0.2) is 82.6 Å². The maximum atomic E-state index is 12.7. The monoisotopic (exact) mass is 406 g/mol. The smallest absolute Gasteiger partial charge is 0.167 e. The van der Waals surface area contributed by atoms with Gasteiger partial charge < -0.3 is 0 Å². The molecule has 4 aromatic rings. The average molecular weight is 407 g/mol. The first-order valence-electron chi connectivity index (χ1n) is 8.05. The molecular weight excluding hydrogens is 392 g/mol. The van der Waals surface area contributed by atoms with Crippen LogP contribution in [0.2, 0.25) is 0 Å². The first-order valence-corrected chi connectivity index (χ1v) is 9.73. The molecule has 1 nitrogen and oxygen atoms in total. The maximum absolute atomic E-state index is 12.7. The van der Waals surface area contributed by atoms with Gasteiger partial charge in [0.25, 0.3) is 0 Å². The van der Waals surface area contributed by atoms with Crippen molar-refractivity contribution in [2.45, 2.75) is 6.42 Å². The maximum Gasteiger partial charge on any atom is 0.167 e. The summed E-state index contributed by atoms with van der Waals surface area (Å²) in [5, 5.41) is 3.43. The Morgan fingerprint density at radius 2 is 1.56 bits per heavy atom. The van der Waals surface area contributed by atoms with E-state index in [2.05, 4.69) is 57.7 Å². The minimum atomic E-state index is 0.138. The van der Waals surface area contributed by atoms with Crippen molar-refractivity contribution in [2.24, 2.45) is 0 Å². The molecule has 0 aliphatic heterocycles. The normalized spacial score (nSPS) is 10.9. The van der Waals surface area contributed by atoms with E-state index in [0.29, 0.717) is 6.42 Å². The van der Waals surface area contributed by atoms with Gasteiger partial charge in [-0.3, -0.25) is 4.79 Å². The van der Waals surface area contributed by atoms with E-state index >= 15 is 0 Å². The molecule has 0 aliphatic rings. The van der Waals surface area contributed by atoms with E-state index in [-0.39, 0.29) is 5.78 Å². The fraction of sp³-hybridized carbons (Fsp3) is 0.0455. The lowest BCUT2D eigenvalue weighted by Crippen LogP contribution is -2.04.